The van der Waals surface area contributed by atoms with Crippen LogP contribution in [0.4, 0.5) is 5.69 Å². The first-order valence-electron chi connectivity index (χ1n) is 6.81. The maximum atomic E-state index is 11.9. The van der Waals surface area contributed by atoms with E-state index < -0.39 is 17.0 Å². The Labute approximate surface area is 132 Å². The zero-order valence-electron chi connectivity index (χ0n) is 12.2. The number of benzene rings is 2. The van der Waals surface area contributed by atoms with Crippen LogP contribution in [-0.4, -0.2) is 16.0 Å². The van der Waals surface area contributed by atoms with Crippen molar-refractivity contribution in [3.05, 3.63) is 88.0 Å². The number of nitro benzene ring substituents is 1. The Hall–Kier alpha value is -2.99. The number of carbonyl (C=O) groups is 1. The molecule has 2 aromatic carbocycles. The van der Waals surface area contributed by atoms with Gasteiger partial charge in [0.05, 0.1) is 10.5 Å². The van der Waals surface area contributed by atoms with E-state index in [4.69, 9.17) is 4.74 Å². The van der Waals surface area contributed by atoms with E-state index in [9.17, 15) is 20.0 Å². The first-order valence-corrected chi connectivity index (χ1v) is 6.81. The second kappa shape index (κ2) is 7.33. The molecule has 0 saturated carbocycles. The van der Waals surface area contributed by atoms with E-state index in [-0.39, 0.29) is 17.9 Å². The Balaban J connectivity index is 1.98. The molecule has 0 saturated heterocycles. The molecule has 23 heavy (non-hydrogen) atoms. The van der Waals surface area contributed by atoms with Crippen molar-refractivity contribution in [1.82, 2.24) is 0 Å². The molecule has 1 unspecified atom stereocenters. The number of aliphatic hydroxyl groups excluding tert-OH is 1. The van der Waals surface area contributed by atoms with Gasteiger partial charge in [0.15, 0.2) is 0 Å². The van der Waals surface area contributed by atoms with E-state index in [0.717, 1.165) is 5.56 Å². The molecule has 0 spiro atoms. The lowest BCUT2D eigenvalue weighted by Gasteiger charge is -2.13. The minimum atomic E-state index is -1.28. The average Bonchev–Trinajstić information content (AvgIpc) is 2.59. The maximum absolute atomic E-state index is 11.9. The van der Waals surface area contributed by atoms with Crippen molar-refractivity contribution in [2.24, 2.45) is 0 Å². The summed E-state index contributed by atoms with van der Waals surface area (Å²) >= 11 is 0. The number of ether oxygens (including phenoxy) is 1. The Kier molecular flexibility index (Phi) is 5.22. The summed E-state index contributed by atoms with van der Waals surface area (Å²) in [5.41, 5.74) is 0.920. The van der Waals surface area contributed by atoms with Gasteiger partial charge in [-0.2, -0.15) is 0 Å². The van der Waals surface area contributed by atoms with Crippen molar-refractivity contribution < 1.29 is 19.6 Å². The molecule has 0 amide bonds. The van der Waals surface area contributed by atoms with Gasteiger partial charge in [0.25, 0.3) is 5.69 Å². The fourth-order valence-electron chi connectivity index (χ4n) is 1.91. The van der Waals surface area contributed by atoms with Crippen LogP contribution in [0.3, 0.4) is 0 Å². The van der Waals surface area contributed by atoms with Gasteiger partial charge in [-0.3, -0.25) is 10.1 Å². The molecule has 0 heterocycles. The molecule has 2 aromatic rings. The van der Waals surface area contributed by atoms with Gasteiger partial charge in [0.1, 0.15) is 12.7 Å². The van der Waals surface area contributed by atoms with Crippen molar-refractivity contribution in [3.63, 3.8) is 0 Å². The van der Waals surface area contributed by atoms with E-state index in [2.05, 4.69) is 6.58 Å². The molecule has 2 rings (SSSR count). The van der Waals surface area contributed by atoms with Crippen LogP contribution in [0, 0.1) is 10.1 Å². The summed E-state index contributed by atoms with van der Waals surface area (Å²) < 4.78 is 5.09. The van der Waals surface area contributed by atoms with Gasteiger partial charge in [0.2, 0.25) is 0 Å². The minimum absolute atomic E-state index is 0.0751. The molecule has 0 aliphatic heterocycles. The number of rotatable bonds is 6. The minimum Gasteiger partial charge on any atom is -0.457 e. The number of carbonyl (C=O) groups excluding carboxylic acids is 1. The number of nitro groups is 1. The lowest BCUT2D eigenvalue weighted by Crippen LogP contribution is -2.13. The van der Waals surface area contributed by atoms with Crippen LogP contribution < -0.4 is 0 Å². The Morgan fingerprint density at radius 2 is 1.78 bits per heavy atom. The second-order valence-corrected chi connectivity index (χ2v) is 4.84. The van der Waals surface area contributed by atoms with Gasteiger partial charge in [0, 0.05) is 12.1 Å². The van der Waals surface area contributed by atoms with Gasteiger partial charge < -0.3 is 9.84 Å². The summed E-state index contributed by atoms with van der Waals surface area (Å²) in [4.78, 5) is 22.0. The molecule has 6 heteroatoms. The highest BCUT2D eigenvalue weighted by atomic mass is 16.6. The van der Waals surface area contributed by atoms with Gasteiger partial charge >= 0.3 is 5.97 Å². The molecular weight excluding hydrogens is 298 g/mol. The van der Waals surface area contributed by atoms with Crippen molar-refractivity contribution in [2.45, 2.75) is 12.7 Å². The van der Waals surface area contributed by atoms with Crippen molar-refractivity contribution in [1.29, 1.82) is 0 Å². The SMILES string of the molecule is C=C(C(=O)OCc1ccccc1)C(O)c1ccc([N+](=O)[O-])cc1. The smallest absolute Gasteiger partial charge is 0.336 e. The molecule has 1 N–H and O–H groups in total. The van der Waals surface area contributed by atoms with Gasteiger partial charge in [-0.05, 0) is 23.3 Å². The van der Waals surface area contributed by atoms with Crippen LogP contribution in [0.1, 0.15) is 17.2 Å². The molecule has 0 aliphatic rings. The molecule has 0 aromatic heterocycles. The average molecular weight is 313 g/mol. The third kappa shape index (κ3) is 4.24. The molecule has 1 atom stereocenters. The number of esters is 1. The molecule has 0 aliphatic carbocycles. The van der Waals surface area contributed by atoms with Gasteiger partial charge in [-0.25, -0.2) is 4.79 Å². The number of hydrogen-bond acceptors (Lipinski definition) is 5. The molecule has 0 fully saturated rings. The van der Waals surface area contributed by atoms with Crippen LogP contribution in [-0.2, 0) is 16.1 Å². The van der Waals surface area contributed by atoms with E-state index in [1.807, 2.05) is 30.3 Å². The fraction of sp³-hybridized carbons (Fsp3) is 0.118. The van der Waals surface area contributed by atoms with Crippen molar-refractivity contribution in [3.8, 4) is 0 Å². The predicted molar refractivity (Wildman–Crippen MR) is 83.4 cm³/mol. The van der Waals surface area contributed by atoms with Crippen LogP contribution in [0.15, 0.2) is 66.7 Å². The highest BCUT2D eigenvalue weighted by Crippen LogP contribution is 2.23. The quantitative estimate of drug-likeness (QED) is 0.383. The number of hydrogen-bond donors (Lipinski definition) is 1. The first kappa shape index (κ1) is 16.4. The first-order chi connectivity index (χ1) is 11.0. The maximum Gasteiger partial charge on any atom is 0.336 e. The molecular formula is C17H15NO5. The van der Waals surface area contributed by atoms with Crippen LogP contribution in [0.2, 0.25) is 0 Å². The molecule has 0 bridgehead atoms. The zero-order chi connectivity index (χ0) is 16.8. The zero-order valence-corrected chi connectivity index (χ0v) is 12.2. The topological polar surface area (TPSA) is 89.7 Å². The highest BCUT2D eigenvalue weighted by molar-refractivity contribution is 5.89. The third-order valence-corrected chi connectivity index (χ3v) is 3.22. The Morgan fingerprint density at radius 1 is 1.17 bits per heavy atom. The highest BCUT2D eigenvalue weighted by Gasteiger charge is 2.20. The molecule has 6 nitrogen and oxygen atoms in total. The summed E-state index contributed by atoms with van der Waals surface area (Å²) in [6.07, 6.45) is -1.28. The monoisotopic (exact) mass is 313 g/mol. The standard InChI is InChI=1S/C17H15NO5/c1-12(17(20)23-11-13-5-3-2-4-6-13)16(19)14-7-9-15(10-8-14)18(21)22/h2-10,16,19H,1,11H2. The number of nitrogens with zero attached hydrogens (tertiary/aromatic N) is 1. The summed E-state index contributed by atoms with van der Waals surface area (Å²) in [6, 6.07) is 14.4. The summed E-state index contributed by atoms with van der Waals surface area (Å²) in [7, 11) is 0. The van der Waals surface area contributed by atoms with E-state index in [0.29, 0.717) is 5.56 Å². The summed E-state index contributed by atoms with van der Waals surface area (Å²) in [5.74, 6) is -0.722. The molecule has 0 radical (unpaired) electrons. The Bertz CT molecular complexity index is 710. The third-order valence-electron chi connectivity index (χ3n) is 3.22. The van der Waals surface area contributed by atoms with Crippen molar-refractivity contribution in [2.75, 3.05) is 0 Å². The number of aliphatic hydroxyl groups is 1. The van der Waals surface area contributed by atoms with E-state index >= 15 is 0 Å². The van der Waals surface area contributed by atoms with Gasteiger partial charge in [-0.1, -0.05) is 36.9 Å². The fourth-order valence-corrected chi connectivity index (χ4v) is 1.91. The molecule has 118 valence electrons. The normalized spacial score (nSPS) is 11.5. The summed E-state index contributed by atoms with van der Waals surface area (Å²) in [6.45, 7) is 3.62. The number of non-ortho nitro benzene ring substituents is 1. The van der Waals surface area contributed by atoms with Crippen molar-refractivity contribution >= 4 is 11.7 Å². The Morgan fingerprint density at radius 3 is 2.35 bits per heavy atom. The predicted octanol–water partition coefficient (Wildman–Crippen LogP) is 2.93. The largest absolute Gasteiger partial charge is 0.457 e. The lowest BCUT2D eigenvalue weighted by molar-refractivity contribution is -0.384. The second-order valence-electron chi connectivity index (χ2n) is 4.84. The van der Waals surface area contributed by atoms with Crippen LogP contribution in [0.5, 0.6) is 0 Å². The lowest BCUT2D eigenvalue weighted by atomic mass is 10.0. The van der Waals surface area contributed by atoms with E-state index in [1.165, 1.54) is 24.3 Å². The van der Waals surface area contributed by atoms with Crippen LogP contribution in [0.25, 0.3) is 0 Å². The van der Waals surface area contributed by atoms with E-state index in [1.54, 1.807) is 0 Å². The van der Waals surface area contributed by atoms with Gasteiger partial charge in [-0.15, -0.1) is 0 Å². The summed E-state index contributed by atoms with van der Waals surface area (Å²) in [5, 5.41) is 20.7. The van der Waals surface area contributed by atoms with Crippen LogP contribution >= 0.6 is 0 Å².